The molecule has 0 aromatic rings. The average Bonchev–Trinajstić information content (AvgIpc) is 1.76. The molecule has 0 spiro atoms. The van der Waals surface area contributed by atoms with Crippen LogP contribution in [0.4, 0.5) is 0 Å². The highest BCUT2D eigenvalue weighted by molar-refractivity contribution is 5.57. The van der Waals surface area contributed by atoms with E-state index in [1.165, 1.54) is 0 Å². The van der Waals surface area contributed by atoms with Gasteiger partial charge in [-0.25, -0.2) is 5.32 Å². The second-order valence-corrected chi connectivity index (χ2v) is 0.701. The monoisotopic (exact) mass is 67.0 g/mol. The first-order valence-electron chi connectivity index (χ1n) is 1.35. The van der Waals surface area contributed by atoms with Gasteiger partial charge in [-0.3, -0.25) is 0 Å². The number of aliphatic imine (C=N–C) groups is 1. The molecule has 0 bridgehead atoms. The molecular formula is C3H3N2+. The highest BCUT2D eigenvalue weighted by Gasteiger charge is 1.87. The second kappa shape index (κ2) is 0.885. The van der Waals surface area contributed by atoms with E-state index >= 15 is 0 Å². The van der Waals surface area contributed by atoms with E-state index in [0.29, 0.717) is 0 Å². The fourth-order valence-corrected chi connectivity index (χ4v) is 0.186. The zero-order valence-corrected chi connectivity index (χ0v) is 2.60. The van der Waals surface area contributed by atoms with Crippen molar-refractivity contribution in [3.05, 3.63) is 12.4 Å². The summed E-state index contributed by atoms with van der Waals surface area (Å²) in [6.45, 7) is 0. The first-order chi connectivity index (χ1) is 2.50. The molecular weight excluding hydrogens is 64.0 g/mol. The summed E-state index contributed by atoms with van der Waals surface area (Å²) in [6.07, 6.45) is 5.83. The molecule has 2 radical (unpaired) electrons. The molecule has 0 unspecified atom stereocenters. The molecule has 2 heteroatoms. The second-order valence-electron chi connectivity index (χ2n) is 0.701. The van der Waals surface area contributed by atoms with Crippen molar-refractivity contribution in [1.82, 2.24) is 10.3 Å². The molecule has 0 aromatic carbocycles. The third kappa shape index (κ3) is 0.265. The molecule has 0 saturated heterocycles. The lowest BCUT2D eigenvalue weighted by molar-refractivity contribution is 1.37. The maximum absolute atomic E-state index is 3.54. The Labute approximate surface area is 30.2 Å². The number of hydrogen-bond donors (Lipinski definition) is 1. The number of rotatable bonds is 0. The van der Waals surface area contributed by atoms with Gasteiger partial charge in [-0.05, 0) is 4.99 Å². The predicted molar refractivity (Wildman–Crippen MR) is 19.4 cm³/mol. The summed E-state index contributed by atoms with van der Waals surface area (Å²) in [5, 5.41) is 2.62. The molecule has 1 aliphatic rings. The molecule has 0 fully saturated rings. The summed E-state index contributed by atoms with van der Waals surface area (Å²) < 4.78 is 0. The van der Waals surface area contributed by atoms with E-state index in [2.05, 4.69) is 16.6 Å². The first kappa shape index (κ1) is 2.45. The third-order valence-corrected chi connectivity index (χ3v) is 0.362. The van der Waals surface area contributed by atoms with E-state index in [1.807, 2.05) is 0 Å². The average molecular weight is 67.1 g/mol. The van der Waals surface area contributed by atoms with Gasteiger partial charge in [0.15, 0.2) is 6.20 Å². The van der Waals surface area contributed by atoms with Gasteiger partial charge in [0, 0.05) is 0 Å². The van der Waals surface area contributed by atoms with Gasteiger partial charge in [0.25, 0.3) is 0 Å². The van der Waals surface area contributed by atoms with E-state index in [4.69, 9.17) is 0 Å². The SMILES string of the molecule is [C]1=[N+]C=CN1. The van der Waals surface area contributed by atoms with Crippen molar-refractivity contribution in [2.45, 2.75) is 0 Å². The van der Waals surface area contributed by atoms with Crippen LogP contribution in [-0.2, 0) is 0 Å². The zero-order chi connectivity index (χ0) is 3.54. The fourth-order valence-electron chi connectivity index (χ4n) is 0.186. The number of nitrogens with one attached hydrogen (secondary N) is 1. The van der Waals surface area contributed by atoms with Gasteiger partial charge in [-0.15, -0.1) is 0 Å². The molecule has 0 atom stereocenters. The van der Waals surface area contributed by atoms with E-state index in [-0.39, 0.29) is 0 Å². The zero-order valence-electron chi connectivity index (χ0n) is 2.60. The van der Waals surface area contributed by atoms with E-state index < -0.39 is 0 Å². The summed E-state index contributed by atoms with van der Waals surface area (Å²) in [5.74, 6) is 0. The Hall–Kier alpha value is -0.790. The maximum Gasteiger partial charge on any atom is 0.416 e. The lowest BCUT2D eigenvalue weighted by Crippen LogP contribution is -1.94. The summed E-state index contributed by atoms with van der Waals surface area (Å²) in [6, 6.07) is 0. The van der Waals surface area contributed by atoms with Gasteiger partial charge in [0.1, 0.15) is 6.20 Å². The van der Waals surface area contributed by atoms with Gasteiger partial charge >= 0.3 is 6.34 Å². The fraction of sp³-hybridized carbons (Fsp3) is 0. The summed E-state index contributed by atoms with van der Waals surface area (Å²) in [7, 11) is 0. The normalized spacial score (nSPS) is 16.0. The van der Waals surface area contributed by atoms with Gasteiger partial charge in [0.05, 0.1) is 0 Å². The minimum Gasteiger partial charge on any atom is -0.233 e. The maximum atomic E-state index is 3.54. The Morgan fingerprint density at radius 1 is 1.80 bits per heavy atom. The quantitative estimate of drug-likeness (QED) is 0.398. The molecule has 1 aliphatic heterocycles. The van der Waals surface area contributed by atoms with Crippen molar-refractivity contribution in [3.8, 4) is 0 Å². The van der Waals surface area contributed by atoms with Gasteiger partial charge in [-0.1, -0.05) is 0 Å². The minimum atomic E-state index is 1.64. The Balaban J connectivity index is 2.61. The van der Waals surface area contributed by atoms with E-state index in [9.17, 15) is 0 Å². The van der Waals surface area contributed by atoms with Crippen molar-refractivity contribution in [1.29, 1.82) is 0 Å². The third-order valence-electron chi connectivity index (χ3n) is 0.362. The van der Waals surface area contributed by atoms with E-state index in [0.717, 1.165) is 0 Å². The summed E-state index contributed by atoms with van der Waals surface area (Å²) in [4.78, 5) is 3.54. The molecule has 2 nitrogen and oxygen atoms in total. The van der Waals surface area contributed by atoms with Crippen LogP contribution >= 0.6 is 0 Å². The largest absolute Gasteiger partial charge is 0.416 e. The highest BCUT2D eigenvalue weighted by Crippen LogP contribution is 1.58. The van der Waals surface area contributed by atoms with Crippen LogP contribution in [0.25, 0.3) is 0 Å². The summed E-state index contributed by atoms with van der Waals surface area (Å²) >= 11 is 0. The Morgan fingerprint density at radius 2 is 2.80 bits per heavy atom. The standard InChI is InChI=1S/C3H3N2/c1-2-5-3-4-1/h1-2,4H/q+1. The van der Waals surface area contributed by atoms with Gasteiger partial charge in [0.2, 0.25) is 0 Å². The summed E-state index contributed by atoms with van der Waals surface area (Å²) in [5.41, 5.74) is 0. The van der Waals surface area contributed by atoms with E-state index in [1.54, 1.807) is 12.4 Å². The minimum absolute atomic E-state index is 1.64. The van der Waals surface area contributed by atoms with Crippen LogP contribution in [0, 0.1) is 0 Å². The lowest BCUT2D eigenvalue weighted by Gasteiger charge is -1.50. The van der Waals surface area contributed by atoms with Crippen LogP contribution in [0.1, 0.15) is 0 Å². The molecule has 5 heavy (non-hydrogen) atoms. The molecule has 0 saturated carbocycles. The van der Waals surface area contributed by atoms with Crippen LogP contribution in [-0.4, -0.2) is 6.34 Å². The Morgan fingerprint density at radius 3 is 3.00 bits per heavy atom. The van der Waals surface area contributed by atoms with Crippen LogP contribution in [0.15, 0.2) is 12.4 Å². The topological polar surface area (TPSA) is 26.1 Å². The van der Waals surface area contributed by atoms with Crippen molar-refractivity contribution < 1.29 is 0 Å². The molecule has 1 N–H and O–H groups in total. The van der Waals surface area contributed by atoms with Gasteiger partial charge < -0.3 is 0 Å². The molecule has 24 valence electrons. The Bertz CT molecular complexity index is 63.0. The smallest absolute Gasteiger partial charge is 0.233 e. The van der Waals surface area contributed by atoms with Crippen LogP contribution in [0.5, 0.6) is 0 Å². The molecule has 0 amide bonds. The van der Waals surface area contributed by atoms with Crippen molar-refractivity contribution in [2.75, 3.05) is 0 Å². The molecule has 1 rings (SSSR count). The highest BCUT2D eigenvalue weighted by atomic mass is 15.0. The van der Waals surface area contributed by atoms with Crippen LogP contribution in [0.2, 0.25) is 0 Å². The van der Waals surface area contributed by atoms with Crippen molar-refractivity contribution in [2.24, 2.45) is 0 Å². The lowest BCUT2D eigenvalue weighted by atomic mass is 11.0. The van der Waals surface area contributed by atoms with Gasteiger partial charge in [-0.2, -0.15) is 0 Å². The van der Waals surface area contributed by atoms with Crippen molar-refractivity contribution in [3.63, 3.8) is 0 Å². The number of nitrogens with zero attached hydrogens (tertiary/aromatic N) is 1. The Kier molecular flexibility index (Phi) is 0.433. The van der Waals surface area contributed by atoms with Crippen LogP contribution < -0.4 is 10.3 Å². The van der Waals surface area contributed by atoms with Crippen molar-refractivity contribution >= 4 is 6.34 Å². The number of hydrogen-bond acceptors (Lipinski definition) is 2. The van der Waals surface area contributed by atoms with Crippen LogP contribution in [0.3, 0.4) is 0 Å². The first-order valence-corrected chi connectivity index (χ1v) is 1.35. The predicted octanol–water partition coefficient (Wildman–Crippen LogP) is -0.698. The molecule has 1 heterocycles. The molecule has 0 aromatic heterocycles. The molecule has 0 aliphatic carbocycles.